The molecule has 0 unspecified atom stereocenters. The average molecular weight is 362 g/mol. The molecular weight excluding hydrogens is 348 g/mol. The quantitative estimate of drug-likeness (QED) is 0.477. The Morgan fingerprint density at radius 2 is 1.60 bits per heavy atom. The Hall–Kier alpha value is -3.07. The Kier molecular flexibility index (Phi) is 5.28. The van der Waals surface area contributed by atoms with Crippen LogP contribution < -0.4 is 5.32 Å². The lowest BCUT2D eigenvalue weighted by atomic mass is 10.1. The molecule has 0 radical (unpaired) electrons. The maximum absolute atomic E-state index is 12.3. The molecule has 2 aromatic carbocycles. The van der Waals surface area contributed by atoms with Crippen LogP contribution in [-0.2, 0) is 14.6 Å². The van der Waals surface area contributed by atoms with Crippen molar-refractivity contribution in [2.24, 2.45) is 0 Å². The van der Waals surface area contributed by atoms with Gasteiger partial charge in [-0.3, -0.25) is 19.7 Å². The van der Waals surface area contributed by atoms with E-state index in [9.17, 15) is 28.1 Å². The number of hydrogen-bond donors (Lipinski definition) is 1. The smallest absolute Gasteiger partial charge is 0.269 e. The minimum absolute atomic E-state index is 0.0585. The van der Waals surface area contributed by atoms with Crippen molar-refractivity contribution in [2.75, 3.05) is 11.1 Å². The van der Waals surface area contributed by atoms with Crippen LogP contribution >= 0.6 is 0 Å². The van der Waals surface area contributed by atoms with Crippen molar-refractivity contribution in [1.82, 2.24) is 0 Å². The highest BCUT2D eigenvalue weighted by Crippen LogP contribution is 2.18. The van der Waals surface area contributed by atoms with Gasteiger partial charge in [0.05, 0.1) is 9.82 Å². The van der Waals surface area contributed by atoms with Crippen molar-refractivity contribution >= 4 is 32.9 Å². The molecule has 0 heterocycles. The topological polar surface area (TPSA) is 123 Å². The summed E-state index contributed by atoms with van der Waals surface area (Å²) in [6.07, 6.45) is 0. The molecular formula is C16H14N2O6S. The predicted molar refractivity (Wildman–Crippen MR) is 90.2 cm³/mol. The Balaban J connectivity index is 2.15. The number of anilines is 1. The number of hydrogen-bond acceptors (Lipinski definition) is 6. The predicted octanol–water partition coefficient (Wildman–Crippen LogP) is 2.21. The number of rotatable bonds is 6. The molecule has 1 N–H and O–H groups in total. The summed E-state index contributed by atoms with van der Waals surface area (Å²) in [7, 11) is -3.88. The molecule has 0 saturated carbocycles. The molecule has 0 bridgehead atoms. The third-order valence-corrected chi connectivity index (χ3v) is 4.89. The second-order valence-electron chi connectivity index (χ2n) is 5.19. The standard InChI is InChI=1S/C16H14N2O6S/c1-11(19)17-13-4-8-15(9-5-13)25(23,24)10-16(20)12-2-6-14(7-3-12)18(21)22/h2-9H,10H2,1H3,(H,17,19). The van der Waals surface area contributed by atoms with Gasteiger partial charge in [0.15, 0.2) is 15.6 Å². The van der Waals surface area contributed by atoms with Gasteiger partial charge < -0.3 is 5.32 Å². The Morgan fingerprint density at radius 3 is 2.08 bits per heavy atom. The minimum atomic E-state index is -3.88. The first kappa shape index (κ1) is 18.3. The molecule has 0 saturated heterocycles. The lowest BCUT2D eigenvalue weighted by Crippen LogP contribution is -2.16. The number of non-ortho nitro benzene ring substituents is 1. The molecule has 0 aliphatic carbocycles. The van der Waals surface area contributed by atoms with Gasteiger partial charge in [0.25, 0.3) is 5.69 Å². The first-order chi connectivity index (χ1) is 11.7. The first-order valence-electron chi connectivity index (χ1n) is 7.07. The van der Waals surface area contributed by atoms with Gasteiger partial charge >= 0.3 is 0 Å². The monoisotopic (exact) mass is 362 g/mol. The number of benzene rings is 2. The van der Waals surface area contributed by atoms with Gasteiger partial charge in [-0.1, -0.05) is 0 Å². The first-order valence-corrected chi connectivity index (χ1v) is 8.72. The van der Waals surface area contributed by atoms with Gasteiger partial charge in [0.1, 0.15) is 5.75 Å². The van der Waals surface area contributed by atoms with Crippen LogP contribution in [0.1, 0.15) is 17.3 Å². The van der Waals surface area contributed by atoms with Crippen molar-refractivity contribution in [2.45, 2.75) is 11.8 Å². The number of nitro groups is 1. The average Bonchev–Trinajstić information content (AvgIpc) is 2.54. The van der Waals surface area contributed by atoms with Crippen LogP contribution in [0.4, 0.5) is 11.4 Å². The van der Waals surface area contributed by atoms with E-state index in [1.807, 2.05) is 0 Å². The SMILES string of the molecule is CC(=O)Nc1ccc(S(=O)(=O)CC(=O)c2ccc([N+](=O)[O-])cc2)cc1. The van der Waals surface area contributed by atoms with Gasteiger partial charge in [-0.15, -0.1) is 0 Å². The summed E-state index contributed by atoms with van der Waals surface area (Å²) in [6.45, 7) is 1.33. The lowest BCUT2D eigenvalue weighted by Gasteiger charge is -2.06. The fraction of sp³-hybridized carbons (Fsp3) is 0.125. The van der Waals surface area contributed by atoms with E-state index in [2.05, 4.69) is 5.32 Å². The zero-order valence-corrected chi connectivity index (χ0v) is 13.9. The molecule has 2 aromatic rings. The zero-order chi connectivity index (χ0) is 18.6. The van der Waals surface area contributed by atoms with Crippen molar-refractivity contribution in [3.05, 3.63) is 64.2 Å². The van der Waals surface area contributed by atoms with Gasteiger partial charge in [-0.25, -0.2) is 8.42 Å². The van der Waals surface area contributed by atoms with Crippen LogP contribution in [0.25, 0.3) is 0 Å². The van der Waals surface area contributed by atoms with Gasteiger partial charge in [-0.2, -0.15) is 0 Å². The third kappa shape index (κ3) is 4.70. The van der Waals surface area contributed by atoms with E-state index in [0.717, 1.165) is 12.1 Å². The number of carbonyl (C=O) groups excluding carboxylic acids is 2. The molecule has 0 aliphatic rings. The zero-order valence-electron chi connectivity index (χ0n) is 13.1. The number of carbonyl (C=O) groups is 2. The van der Waals surface area contributed by atoms with Crippen molar-refractivity contribution in [3.63, 3.8) is 0 Å². The Labute approximate surface area is 143 Å². The maximum Gasteiger partial charge on any atom is 0.269 e. The fourth-order valence-corrected chi connectivity index (χ4v) is 3.29. The number of Topliss-reactive ketones (excluding diaryl/α,β-unsaturated/α-hetero) is 1. The molecule has 0 aromatic heterocycles. The molecule has 8 nitrogen and oxygen atoms in total. The number of nitrogens with one attached hydrogen (secondary N) is 1. The van der Waals surface area contributed by atoms with E-state index in [-0.39, 0.29) is 22.1 Å². The van der Waals surface area contributed by atoms with E-state index in [4.69, 9.17) is 0 Å². The van der Waals surface area contributed by atoms with E-state index < -0.39 is 26.3 Å². The number of ketones is 1. The summed E-state index contributed by atoms with van der Waals surface area (Å²) in [5.41, 5.74) is 0.324. The Morgan fingerprint density at radius 1 is 1.04 bits per heavy atom. The van der Waals surface area contributed by atoms with Crippen LogP contribution in [0, 0.1) is 10.1 Å². The summed E-state index contributed by atoms with van der Waals surface area (Å²) in [5.74, 6) is -1.71. The van der Waals surface area contributed by atoms with Crippen LogP contribution in [0.5, 0.6) is 0 Å². The van der Waals surface area contributed by atoms with Crippen LogP contribution in [0.2, 0.25) is 0 Å². The molecule has 0 atom stereocenters. The molecule has 0 aliphatic heterocycles. The maximum atomic E-state index is 12.3. The molecule has 0 fully saturated rings. The largest absolute Gasteiger partial charge is 0.326 e. The summed E-state index contributed by atoms with van der Waals surface area (Å²) >= 11 is 0. The summed E-state index contributed by atoms with van der Waals surface area (Å²) in [6, 6.07) is 10.2. The Bertz CT molecular complexity index is 918. The lowest BCUT2D eigenvalue weighted by molar-refractivity contribution is -0.384. The van der Waals surface area contributed by atoms with Gasteiger partial charge in [-0.05, 0) is 36.4 Å². The van der Waals surface area contributed by atoms with Crippen LogP contribution in [0.15, 0.2) is 53.4 Å². The molecule has 9 heteroatoms. The third-order valence-electron chi connectivity index (χ3n) is 3.26. The van der Waals surface area contributed by atoms with Gasteiger partial charge in [0.2, 0.25) is 5.91 Å². The molecule has 25 heavy (non-hydrogen) atoms. The summed E-state index contributed by atoms with van der Waals surface area (Å²) in [4.78, 5) is 33.0. The second kappa shape index (κ2) is 7.22. The van der Waals surface area contributed by atoms with E-state index in [1.54, 1.807) is 0 Å². The van der Waals surface area contributed by atoms with E-state index in [0.29, 0.717) is 5.69 Å². The number of nitro benzene ring substituents is 1. The second-order valence-corrected chi connectivity index (χ2v) is 7.18. The van der Waals surface area contributed by atoms with Crippen LogP contribution in [0.3, 0.4) is 0 Å². The normalized spacial score (nSPS) is 10.9. The molecule has 0 spiro atoms. The summed E-state index contributed by atoms with van der Waals surface area (Å²) in [5, 5.41) is 13.1. The van der Waals surface area contributed by atoms with Gasteiger partial charge in [0, 0.05) is 30.3 Å². The number of nitrogens with zero attached hydrogens (tertiary/aromatic N) is 1. The molecule has 2 rings (SSSR count). The van der Waals surface area contributed by atoms with Crippen molar-refractivity contribution in [3.8, 4) is 0 Å². The van der Waals surface area contributed by atoms with E-state index >= 15 is 0 Å². The number of sulfone groups is 1. The minimum Gasteiger partial charge on any atom is -0.326 e. The fourth-order valence-electron chi connectivity index (χ4n) is 2.06. The highest BCUT2D eigenvalue weighted by molar-refractivity contribution is 7.92. The number of amides is 1. The summed E-state index contributed by atoms with van der Waals surface area (Å²) < 4.78 is 24.6. The van der Waals surface area contributed by atoms with Crippen LogP contribution in [-0.4, -0.2) is 30.8 Å². The highest BCUT2D eigenvalue weighted by atomic mass is 32.2. The molecule has 130 valence electrons. The van der Waals surface area contributed by atoms with Crippen molar-refractivity contribution < 1.29 is 22.9 Å². The van der Waals surface area contributed by atoms with Crippen molar-refractivity contribution in [1.29, 1.82) is 0 Å². The highest BCUT2D eigenvalue weighted by Gasteiger charge is 2.21. The molecule has 1 amide bonds. The van der Waals surface area contributed by atoms with E-state index in [1.165, 1.54) is 43.3 Å².